The Morgan fingerprint density at radius 2 is 1.18 bits per heavy atom. The number of fused-ring (bicyclic) bond motifs is 1. The fourth-order valence-corrected chi connectivity index (χ4v) is 8.09. The lowest BCUT2D eigenvalue weighted by Gasteiger charge is -2.52. The molecule has 11 atom stereocenters. The lowest BCUT2D eigenvalue weighted by Crippen LogP contribution is -2.70. The Balaban J connectivity index is 1.25. The molecule has 0 saturated carbocycles. The van der Waals surface area contributed by atoms with Gasteiger partial charge in [0.1, 0.15) is 48.4 Å². The molecule has 14 heteroatoms. The summed E-state index contributed by atoms with van der Waals surface area (Å²) in [5.41, 5.74) is 3.54. The quantitative estimate of drug-likeness (QED) is 0.121. The summed E-state index contributed by atoms with van der Waals surface area (Å²) in [6, 6.07) is 36.7. The second-order valence-electron chi connectivity index (χ2n) is 15.4. The summed E-state index contributed by atoms with van der Waals surface area (Å²) in [5, 5.41) is 6.05. The van der Waals surface area contributed by atoms with Crippen LogP contribution in [0.5, 0.6) is 0 Å². The number of rotatable bonds is 18. The van der Waals surface area contributed by atoms with E-state index in [4.69, 9.17) is 49.5 Å². The summed E-state index contributed by atoms with van der Waals surface area (Å²) in [6.45, 7) is 3.51. The van der Waals surface area contributed by atoms with Gasteiger partial charge < -0.3 is 48.5 Å². The summed E-state index contributed by atoms with van der Waals surface area (Å²) in [6.07, 6.45) is -7.87. The molecule has 2 N–H and O–H groups in total. The van der Waals surface area contributed by atoms with E-state index in [-0.39, 0.29) is 62.9 Å². The fraction of sp³-hybridized carbons (Fsp3) is 0.426. The number of hydrogen-bond acceptors (Lipinski definition) is 11. The number of amides is 2. The Kier molecular flexibility index (Phi) is 16.1. The van der Waals surface area contributed by atoms with E-state index < -0.39 is 67.4 Å². The van der Waals surface area contributed by atoms with Crippen molar-refractivity contribution >= 4 is 29.2 Å². The molecule has 0 bridgehead atoms. The van der Waals surface area contributed by atoms with Gasteiger partial charge in [-0.1, -0.05) is 121 Å². The van der Waals surface area contributed by atoms with Gasteiger partial charge >= 0.3 is 0 Å². The number of alkyl halides is 1. The van der Waals surface area contributed by atoms with Crippen molar-refractivity contribution < 1.29 is 52.3 Å². The fourth-order valence-electron chi connectivity index (χ4n) is 7.98. The molecule has 0 unspecified atom stereocenters. The zero-order valence-electron chi connectivity index (χ0n) is 34.2. The number of nitrogens with one attached hydrogen (secondary N) is 2. The van der Waals surface area contributed by atoms with E-state index in [1.54, 1.807) is 0 Å². The molecular formula is C47H53ClN2O11. The molecule has 0 radical (unpaired) electrons. The maximum absolute atomic E-state index is 13.1. The van der Waals surface area contributed by atoms with Crippen LogP contribution in [0.1, 0.15) is 48.8 Å². The van der Waals surface area contributed by atoms with Crippen LogP contribution in [0.15, 0.2) is 121 Å². The van der Waals surface area contributed by atoms with Crippen LogP contribution in [0.25, 0.3) is 0 Å². The minimum absolute atomic E-state index is 0.00556. The molecule has 3 aliphatic heterocycles. The van der Waals surface area contributed by atoms with Crippen molar-refractivity contribution in [3.63, 3.8) is 0 Å². The molecule has 3 saturated heterocycles. The lowest BCUT2D eigenvalue weighted by atomic mass is 9.89. The molecule has 2 amide bonds. The lowest BCUT2D eigenvalue weighted by molar-refractivity contribution is -0.365. The van der Waals surface area contributed by atoms with Crippen LogP contribution in [0.2, 0.25) is 0 Å². The topological polar surface area (TPSA) is 149 Å². The van der Waals surface area contributed by atoms with Crippen LogP contribution in [0.4, 0.5) is 0 Å². The van der Waals surface area contributed by atoms with Crippen LogP contribution < -0.4 is 10.6 Å². The zero-order chi connectivity index (χ0) is 42.6. The van der Waals surface area contributed by atoms with Crippen molar-refractivity contribution in [1.82, 2.24) is 10.6 Å². The third-order valence-electron chi connectivity index (χ3n) is 10.8. The van der Waals surface area contributed by atoms with Gasteiger partial charge in [0.2, 0.25) is 11.8 Å². The van der Waals surface area contributed by atoms with Crippen LogP contribution in [0.3, 0.4) is 0 Å². The van der Waals surface area contributed by atoms with E-state index in [1.165, 1.54) is 13.8 Å². The van der Waals surface area contributed by atoms with Crippen molar-refractivity contribution in [2.45, 2.75) is 107 Å². The summed E-state index contributed by atoms with van der Waals surface area (Å²) >= 11 is 6.03. The highest BCUT2D eigenvalue weighted by Gasteiger charge is 2.55. The number of carbonyl (C=O) groups excluding carboxylic acids is 3. The Morgan fingerprint density at radius 3 is 1.75 bits per heavy atom. The van der Waals surface area contributed by atoms with Crippen LogP contribution in [-0.4, -0.2) is 97.8 Å². The Bertz CT molecular complexity index is 1980. The van der Waals surface area contributed by atoms with E-state index in [2.05, 4.69) is 10.6 Å². The Hall–Kier alpha value is -4.54. The summed E-state index contributed by atoms with van der Waals surface area (Å²) in [5.74, 6) is -1.23. The van der Waals surface area contributed by atoms with E-state index in [0.29, 0.717) is 0 Å². The van der Waals surface area contributed by atoms with E-state index in [1.807, 2.05) is 121 Å². The highest BCUT2D eigenvalue weighted by atomic mass is 35.5. The van der Waals surface area contributed by atoms with Gasteiger partial charge in [0, 0.05) is 25.8 Å². The Morgan fingerprint density at radius 1 is 0.639 bits per heavy atom. The van der Waals surface area contributed by atoms with Crippen molar-refractivity contribution in [3.05, 3.63) is 144 Å². The molecular weight excluding hydrogens is 804 g/mol. The van der Waals surface area contributed by atoms with Crippen LogP contribution >= 0.6 is 11.6 Å². The maximum Gasteiger partial charge on any atom is 0.217 e. The first-order valence-electron chi connectivity index (χ1n) is 20.6. The van der Waals surface area contributed by atoms with E-state index >= 15 is 0 Å². The standard InChI is InChI=1S/C47H53ClN2O11/c1-30(51)49-40-37(23-36(53)24-48)58-38(28-54-25-32-15-7-3-8-16-32)42(44(40)55-26-33-17-9-4-10-18-33)61-47-41(50-31(2)52)45(56-27-34-19-11-5-12-20-34)43-39(59-47)29-57-46(60-43)35-21-13-6-14-22-35/h3-22,37-47H,23-29H2,1-2H3,(H,49,51)(H,50,52)/t37-,38+,39+,40-,41+,42+,43+,44+,45+,46+,47-/m0/s1. The molecule has 7 rings (SSSR count). The average Bonchev–Trinajstić information content (AvgIpc) is 3.28. The second kappa shape index (κ2) is 22.0. The van der Waals surface area contributed by atoms with Crippen LogP contribution in [0, 0.1) is 0 Å². The Labute approximate surface area is 361 Å². The van der Waals surface area contributed by atoms with Gasteiger partial charge in [0.25, 0.3) is 0 Å². The SMILES string of the molecule is CC(=O)N[C@@H]1[C@@H](OCc2ccccc2)[C@H](O[C@@H]2O[C@@H]3CO[C@@H](c4ccccc4)O[C@H]3[C@H](OCc3ccccc3)[C@H]2NC(C)=O)[C@@H](COCc2ccccc2)O[C@H]1CC(=O)CCl. The van der Waals surface area contributed by atoms with Crippen molar-refractivity contribution in [2.24, 2.45) is 0 Å². The normalized spacial score (nSPS) is 28.6. The second-order valence-corrected chi connectivity index (χ2v) is 15.7. The minimum atomic E-state index is -1.18. The highest BCUT2D eigenvalue weighted by Crippen LogP contribution is 2.38. The summed E-state index contributed by atoms with van der Waals surface area (Å²) < 4.78 is 53.2. The largest absolute Gasteiger partial charge is 0.374 e. The first-order valence-corrected chi connectivity index (χ1v) is 21.1. The van der Waals surface area contributed by atoms with Gasteiger partial charge in [0.05, 0.1) is 51.1 Å². The van der Waals surface area contributed by atoms with Gasteiger partial charge in [-0.25, -0.2) is 0 Å². The van der Waals surface area contributed by atoms with Gasteiger partial charge in [-0.15, -0.1) is 11.6 Å². The van der Waals surface area contributed by atoms with Crippen molar-refractivity contribution in [2.75, 3.05) is 19.1 Å². The van der Waals surface area contributed by atoms with Gasteiger partial charge in [-0.05, 0) is 16.7 Å². The molecule has 3 heterocycles. The first-order chi connectivity index (χ1) is 29.7. The average molecular weight is 857 g/mol. The number of Topliss-reactive ketones (excluding diaryl/α,β-unsaturated/α-hetero) is 1. The molecule has 0 aromatic heterocycles. The molecule has 3 aliphatic rings. The predicted octanol–water partition coefficient (Wildman–Crippen LogP) is 5.57. The van der Waals surface area contributed by atoms with Crippen LogP contribution in [-0.2, 0) is 72.1 Å². The van der Waals surface area contributed by atoms with Gasteiger partial charge in [0.15, 0.2) is 12.6 Å². The summed E-state index contributed by atoms with van der Waals surface area (Å²) in [4.78, 5) is 39.0. The molecule has 324 valence electrons. The first kappa shape index (κ1) is 44.5. The van der Waals surface area contributed by atoms with E-state index in [0.717, 1.165) is 22.3 Å². The highest BCUT2D eigenvalue weighted by molar-refractivity contribution is 6.27. The zero-order valence-corrected chi connectivity index (χ0v) is 35.0. The molecule has 0 spiro atoms. The minimum Gasteiger partial charge on any atom is -0.374 e. The number of carbonyl (C=O) groups is 3. The van der Waals surface area contributed by atoms with E-state index in [9.17, 15) is 14.4 Å². The molecule has 61 heavy (non-hydrogen) atoms. The van der Waals surface area contributed by atoms with Crippen molar-refractivity contribution in [1.29, 1.82) is 0 Å². The number of halogens is 1. The molecule has 0 aliphatic carbocycles. The van der Waals surface area contributed by atoms with Crippen molar-refractivity contribution in [3.8, 4) is 0 Å². The van der Waals surface area contributed by atoms with Gasteiger partial charge in [-0.2, -0.15) is 0 Å². The number of ketones is 1. The molecule has 3 fully saturated rings. The smallest absolute Gasteiger partial charge is 0.217 e. The number of benzene rings is 4. The monoisotopic (exact) mass is 856 g/mol. The third kappa shape index (κ3) is 12.1. The predicted molar refractivity (Wildman–Crippen MR) is 224 cm³/mol. The third-order valence-corrected chi connectivity index (χ3v) is 11.1. The molecule has 4 aromatic rings. The molecule has 4 aromatic carbocycles. The maximum atomic E-state index is 13.1. The molecule has 13 nitrogen and oxygen atoms in total. The number of hydrogen-bond donors (Lipinski definition) is 2. The summed E-state index contributed by atoms with van der Waals surface area (Å²) in [7, 11) is 0. The number of ether oxygens (including phenoxy) is 8. The van der Waals surface area contributed by atoms with Gasteiger partial charge in [-0.3, -0.25) is 14.4 Å².